The van der Waals surface area contributed by atoms with Gasteiger partial charge in [0.15, 0.2) is 5.65 Å². The Morgan fingerprint density at radius 1 is 1.18 bits per heavy atom. The standard InChI is InChI=1S/C13H17N3.ClH/c1-9-12-11-7-5-3-4-6-10(11)8-14-13(12)16(2)15-9;/h8H,3-7H2,1-2H3;1H. The normalized spacial score (nSPS) is 15.2. The number of pyridine rings is 1. The largest absolute Gasteiger partial charge is 0.250 e. The molecule has 0 aliphatic heterocycles. The lowest BCUT2D eigenvalue weighted by atomic mass is 10.0. The van der Waals surface area contributed by atoms with Gasteiger partial charge in [-0.2, -0.15) is 5.10 Å². The Kier molecular flexibility index (Phi) is 3.38. The molecular formula is C13H18ClN3. The first kappa shape index (κ1) is 12.4. The van der Waals surface area contributed by atoms with E-state index in [1.165, 1.54) is 48.6 Å². The molecule has 0 aromatic carbocycles. The zero-order valence-corrected chi connectivity index (χ0v) is 11.2. The molecular weight excluding hydrogens is 234 g/mol. The predicted molar refractivity (Wildman–Crippen MR) is 71.8 cm³/mol. The third-order valence-electron chi connectivity index (χ3n) is 3.60. The summed E-state index contributed by atoms with van der Waals surface area (Å²) in [4.78, 5) is 4.56. The van der Waals surface area contributed by atoms with E-state index in [9.17, 15) is 0 Å². The molecule has 0 saturated heterocycles. The van der Waals surface area contributed by atoms with Gasteiger partial charge in [-0.25, -0.2) is 4.98 Å². The van der Waals surface area contributed by atoms with Gasteiger partial charge >= 0.3 is 0 Å². The summed E-state index contributed by atoms with van der Waals surface area (Å²) in [6.45, 7) is 2.09. The van der Waals surface area contributed by atoms with Crippen LogP contribution in [0.25, 0.3) is 11.0 Å². The molecule has 0 N–H and O–H groups in total. The summed E-state index contributed by atoms with van der Waals surface area (Å²) in [6, 6.07) is 0. The first-order chi connectivity index (χ1) is 7.77. The Bertz CT molecular complexity index is 545. The fourth-order valence-electron chi connectivity index (χ4n) is 2.82. The fourth-order valence-corrected chi connectivity index (χ4v) is 2.82. The van der Waals surface area contributed by atoms with Gasteiger partial charge < -0.3 is 0 Å². The SMILES string of the molecule is Cc1nn(C)c2ncc3c(c12)CCCCC3.Cl. The van der Waals surface area contributed by atoms with Crippen LogP contribution in [0.3, 0.4) is 0 Å². The van der Waals surface area contributed by atoms with Crippen molar-refractivity contribution in [2.24, 2.45) is 7.05 Å². The highest BCUT2D eigenvalue weighted by molar-refractivity contribution is 5.85. The van der Waals surface area contributed by atoms with Crippen LogP contribution in [0.15, 0.2) is 6.20 Å². The van der Waals surface area contributed by atoms with Gasteiger partial charge in [0.05, 0.1) is 5.69 Å². The number of rotatable bonds is 0. The molecule has 0 saturated carbocycles. The zero-order valence-electron chi connectivity index (χ0n) is 10.4. The molecule has 0 radical (unpaired) electrons. The average Bonchev–Trinajstić information content (AvgIpc) is 2.49. The second-order valence-corrected chi connectivity index (χ2v) is 4.73. The molecule has 2 aromatic rings. The van der Waals surface area contributed by atoms with Gasteiger partial charge in [0.25, 0.3) is 0 Å². The van der Waals surface area contributed by atoms with Gasteiger partial charge in [0.1, 0.15) is 0 Å². The van der Waals surface area contributed by atoms with Crippen molar-refractivity contribution in [3.8, 4) is 0 Å². The van der Waals surface area contributed by atoms with E-state index in [1.54, 1.807) is 0 Å². The molecule has 2 heterocycles. The van der Waals surface area contributed by atoms with Crippen molar-refractivity contribution >= 4 is 23.4 Å². The molecule has 3 nitrogen and oxygen atoms in total. The highest BCUT2D eigenvalue weighted by atomic mass is 35.5. The lowest BCUT2D eigenvalue weighted by molar-refractivity contribution is 0.712. The van der Waals surface area contributed by atoms with Crippen molar-refractivity contribution in [2.75, 3.05) is 0 Å². The maximum absolute atomic E-state index is 4.56. The van der Waals surface area contributed by atoms with Gasteiger partial charge in [-0.05, 0) is 43.7 Å². The number of fused-ring (bicyclic) bond motifs is 3. The molecule has 0 fully saturated rings. The van der Waals surface area contributed by atoms with Gasteiger partial charge in [-0.15, -0.1) is 12.4 Å². The van der Waals surface area contributed by atoms with Crippen LogP contribution in [0.1, 0.15) is 36.1 Å². The van der Waals surface area contributed by atoms with E-state index in [4.69, 9.17) is 0 Å². The molecule has 4 heteroatoms. The minimum absolute atomic E-state index is 0. The molecule has 0 unspecified atom stereocenters. The summed E-state index contributed by atoms with van der Waals surface area (Å²) in [6.07, 6.45) is 8.40. The van der Waals surface area contributed by atoms with Gasteiger partial charge in [0, 0.05) is 18.6 Å². The Balaban J connectivity index is 0.00000108. The van der Waals surface area contributed by atoms with Crippen LogP contribution in [0.2, 0.25) is 0 Å². The number of halogens is 1. The summed E-state index contributed by atoms with van der Waals surface area (Å²) in [7, 11) is 1.98. The molecule has 1 aliphatic rings. The molecule has 0 spiro atoms. The van der Waals surface area contributed by atoms with E-state index in [0.29, 0.717) is 0 Å². The summed E-state index contributed by atoms with van der Waals surface area (Å²) in [5.41, 5.74) is 5.12. The Hall–Kier alpha value is -1.09. The van der Waals surface area contributed by atoms with Crippen LogP contribution < -0.4 is 0 Å². The van der Waals surface area contributed by atoms with Crippen LogP contribution in [0.5, 0.6) is 0 Å². The lowest BCUT2D eigenvalue weighted by Gasteiger charge is -2.06. The minimum Gasteiger partial charge on any atom is -0.250 e. The van der Waals surface area contributed by atoms with E-state index in [2.05, 4.69) is 23.2 Å². The lowest BCUT2D eigenvalue weighted by Crippen LogP contribution is -1.97. The number of hydrogen-bond donors (Lipinski definition) is 0. The molecule has 0 amide bonds. The number of aryl methyl sites for hydroxylation is 4. The molecule has 0 bridgehead atoms. The Morgan fingerprint density at radius 3 is 2.76 bits per heavy atom. The maximum atomic E-state index is 4.56. The first-order valence-corrected chi connectivity index (χ1v) is 6.07. The average molecular weight is 252 g/mol. The van der Waals surface area contributed by atoms with E-state index < -0.39 is 0 Å². The second kappa shape index (κ2) is 4.65. The monoisotopic (exact) mass is 251 g/mol. The van der Waals surface area contributed by atoms with E-state index >= 15 is 0 Å². The minimum atomic E-state index is 0. The van der Waals surface area contributed by atoms with Crippen molar-refractivity contribution in [2.45, 2.75) is 39.0 Å². The predicted octanol–water partition coefficient (Wildman–Crippen LogP) is 2.97. The van der Waals surface area contributed by atoms with Crippen molar-refractivity contribution < 1.29 is 0 Å². The Labute approximate surface area is 108 Å². The third-order valence-corrected chi connectivity index (χ3v) is 3.60. The maximum Gasteiger partial charge on any atom is 0.158 e. The third kappa shape index (κ3) is 1.93. The topological polar surface area (TPSA) is 30.7 Å². The highest BCUT2D eigenvalue weighted by Crippen LogP contribution is 2.28. The smallest absolute Gasteiger partial charge is 0.158 e. The van der Waals surface area contributed by atoms with Crippen LogP contribution in [-0.2, 0) is 19.9 Å². The van der Waals surface area contributed by atoms with Crippen molar-refractivity contribution in [3.63, 3.8) is 0 Å². The van der Waals surface area contributed by atoms with E-state index in [-0.39, 0.29) is 12.4 Å². The van der Waals surface area contributed by atoms with Crippen molar-refractivity contribution in [1.29, 1.82) is 0 Å². The van der Waals surface area contributed by atoms with Gasteiger partial charge in [-0.1, -0.05) is 6.42 Å². The zero-order chi connectivity index (χ0) is 11.1. The second-order valence-electron chi connectivity index (χ2n) is 4.73. The molecule has 3 rings (SSSR count). The molecule has 0 atom stereocenters. The first-order valence-electron chi connectivity index (χ1n) is 6.07. The number of hydrogen-bond acceptors (Lipinski definition) is 2. The summed E-state index contributed by atoms with van der Waals surface area (Å²) >= 11 is 0. The van der Waals surface area contributed by atoms with Crippen LogP contribution >= 0.6 is 12.4 Å². The van der Waals surface area contributed by atoms with Crippen LogP contribution in [-0.4, -0.2) is 14.8 Å². The van der Waals surface area contributed by atoms with Crippen LogP contribution in [0.4, 0.5) is 0 Å². The van der Waals surface area contributed by atoms with E-state index in [1.807, 2.05) is 11.7 Å². The van der Waals surface area contributed by atoms with Crippen molar-refractivity contribution in [3.05, 3.63) is 23.0 Å². The van der Waals surface area contributed by atoms with Crippen molar-refractivity contribution in [1.82, 2.24) is 14.8 Å². The quantitative estimate of drug-likeness (QED) is 0.674. The molecule has 2 aromatic heterocycles. The summed E-state index contributed by atoms with van der Waals surface area (Å²) in [5, 5.41) is 5.79. The number of nitrogens with zero attached hydrogens (tertiary/aromatic N) is 3. The van der Waals surface area contributed by atoms with E-state index in [0.717, 1.165) is 11.3 Å². The fraction of sp³-hybridized carbons (Fsp3) is 0.538. The molecule has 1 aliphatic carbocycles. The summed E-state index contributed by atoms with van der Waals surface area (Å²) < 4.78 is 1.90. The Morgan fingerprint density at radius 2 is 1.94 bits per heavy atom. The molecule has 17 heavy (non-hydrogen) atoms. The van der Waals surface area contributed by atoms with Crippen LogP contribution in [0, 0.1) is 6.92 Å². The number of aromatic nitrogens is 3. The molecule has 92 valence electrons. The summed E-state index contributed by atoms with van der Waals surface area (Å²) in [5.74, 6) is 0. The highest BCUT2D eigenvalue weighted by Gasteiger charge is 2.16. The van der Waals surface area contributed by atoms with Gasteiger partial charge in [-0.3, -0.25) is 4.68 Å². The van der Waals surface area contributed by atoms with Gasteiger partial charge in [0.2, 0.25) is 0 Å².